The van der Waals surface area contributed by atoms with E-state index >= 15 is 0 Å². The molecule has 3 rings (SSSR count). The van der Waals surface area contributed by atoms with Gasteiger partial charge in [0.15, 0.2) is 0 Å². The molecule has 0 saturated carbocycles. The van der Waals surface area contributed by atoms with E-state index in [-0.39, 0.29) is 24.7 Å². The van der Waals surface area contributed by atoms with E-state index in [1.54, 1.807) is 0 Å². The standard InChI is InChI=1S/C20H21NO5S/c1-27(25)11-10-18(19(22)23)21-20(24)26-12-17-15-8-4-2-6-13(15)14-7-3-5-9-16(14)17/h2-9,17-18H,10-12H2,1H3,(H,21,24)(H,22,23). The largest absolute Gasteiger partial charge is 0.480 e. The van der Waals surface area contributed by atoms with Crippen LogP contribution in [0.3, 0.4) is 0 Å². The van der Waals surface area contributed by atoms with Crippen molar-refractivity contribution in [1.82, 2.24) is 5.32 Å². The number of benzene rings is 2. The Morgan fingerprint density at radius 3 is 2.19 bits per heavy atom. The molecule has 7 heteroatoms. The molecular weight excluding hydrogens is 366 g/mol. The Balaban J connectivity index is 1.67. The zero-order valence-electron chi connectivity index (χ0n) is 14.9. The molecule has 2 unspecified atom stereocenters. The molecule has 2 atom stereocenters. The average Bonchev–Trinajstić information content (AvgIpc) is 2.97. The number of ether oxygens (including phenoxy) is 1. The molecule has 1 amide bonds. The summed E-state index contributed by atoms with van der Waals surface area (Å²) in [6.07, 6.45) is 0.792. The number of alkyl carbamates (subject to hydrolysis) is 1. The fourth-order valence-corrected chi connectivity index (χ4v) is 3.89. The van der Waals surface area contributed by atoms with Crippen molar-refractivity contribution in [1.29, 1.82) is 0 Å². The van der Waals surface area contributed by atoms with Crippen LogP contribution in [0.15, 0.2) is 48.5 Å². The SMILES string of the molecule is CS(=O)CCC(NC(=O)OCC1c2ccccc2-c2ccccc21)C(=O)O. The Labute approximate surface area is 160 Å². The number of rotatable bonds is 7. The van der Waals surface area contributed by atoms with E-state index in [9.17, 15) is 18.9 Å². The molecule has 0 heterocycles. The molecule has 0 aliphatic heterocycles. The highest BCUT2D eigenvalue weighted by molar-refractivity contribution is 7.84. The molecule has 2 aromatic rings. The van der Waals surface area contributed by atoms with E-state index in [0.29, 0.717) is 0 Å². The molecule has 0 radical (unpaired) electrons. The third kappa shape index (κ3) is 4.36. The number of carboxylic acid groups (broad SMARTS) is 1. The van der Waals surface area contributed by atoms with Gasteiger partial charge in [-0.3, -0.25) is 4.21 Å². The van der Waals surface area contributed by atoms with E-state index in [1.165, 1.54) is 6.26 Å². The summed E-state index contributed by atoms with van der Waals surface area (Å²) in [6.45, 7) is 0.117. The van der Waals surface area contributed by atoms with E-state index in [0.717, 1.165) is 22.3 Å². The molecule has 1 aliphatic rings. The van der Waals surface area contributed by atoms with Crippen molar-refractivity contribution in [2.24, 2.45) is 0 Å². The Hall–Kier alpha value is -2.67. The van der Waals surface area contributed by atoms with Crippen LogP contribution < -0.4 is 5.32 Å². The molecule has 142 valence electrons. The third-order valence-electron chi connectivity index (χ3n) is 4.63. The Morgan fingerprint density at radius 2 is 1.67 bits per heavy atom. The highest BCUT2D eigenvalue weighted by Gasteiger charge is 2.29. The number of amides is 1. The van der Waals surface area contributed by atoms with Crippen LogP contribution in [0.25, 0.3) is 11.1 Å². The minimum atomic E-state index is -1.17. The first-order valence-electron chi connectivity index (χ1n) is 8.61. The van der Waals surface area contributed by atoms with Crippen LogP contribution in [0, 0.1) is 0 Å². The first-order valence-corrected chi connectivity index (χ1v) is 10.3. The Morgan fingerprint density at radius 1 is 1.11 bits per heavy atom. The monoisotopic (exact) mass is 387 g/mol. The minimum Gasteiger partial charge on any atom is -0.480 e. The average molecular weight is 387 g/mol. The number of hydrogen-bond acceptors (Lipinski definition) is 4. The van der Waals surface area contributed by atoms with Crippen molar-refractivity contribution in [3.63, 3.8) is 0 Å². The van der Waals surface area contributed by atoms with E-state index in [2.05, 4.69) is 5.32 Å². The van der Waals surface area contributed by atoms with Crippen molar-refractivity contribution in [2.45, 2.75) is 18.4 Å². The maximum Gasteiger partial charge on any atom is 0.407 e. The van der Waals surface area contributed by atoms with Gasteiger partial charge in [-0.05, 0) is 28.7 Å². The number of carboxylic acids is 1. The third-order valence-corrected chi connectivity index (χ3v) is 5.44. The predicted octanol–water partition coefficient (Wildman–Crippen LogP) is 2.75. The molecule has 2 N–H and O–H groups in total. The fourth-order valence-electron chi connectivity index (χ4n) is 3.32. The highest BCUT2D eigenvalue weighted by atomic mass is 32.2. The highest BCUT2D eigenvalue weighted by Crippen LogP contribution is 2.44. The van der Waals surface area contributed by atoms with Gasteiger partial charge in [0.05, 0.1) is 0 Å². The van der Waals surface area contributed by atoms with E-state index in [4.69, 9.17) is 4.74 Å². The summed E-state index contributed by atoms with van der Waals surface area (Å²) in [4.78, 5) is 23.4. The maximum atomic E-state index is 12.1. The summed E-state index contributed by atoms with van der Waals surface area (Å²) in [5, 5.41) is 11.6. The summed E-state index contributed by atoms with van der Waals surface area (Å²) in [7, 11) is -1.13. The summed E-state index contributed by atoms with van der Waals surface area (Å²) in [5.41, 5.74) is 4.41. The lowest BCUT2D eigenvalue weighted by molar-refractivity contribution is -0.139. The fraction of sp³-hybridized carbons (Fsp3) is 0.300. The minimum absolute atomic E-state index is 0.0860. The maximum absolute atomic E-state index is 12.1. The van der Waals surface area contributed by atoms with Gasteiger partial charge >= 0.3 is 12.1 Å². The second-order valence-corrected chi connectivity index (χ2v) is 7.98. The second-order valence-electron chi connectivity index (χ2n) is 6.43. The van der Waals surface area contributed by atoms with Gasteiger partial charge in [0.2, 0.25) is 0 Å². The molecule has 0 aromatic heterocycles. The lowest BCUT2D eigenvalue weighted by Gasteiger charge is -2.17. The smallest absolute Gasteiger partial charge is 0.407 e. The number of fused-ring (bicyclic) bond motifs is 3. The molecule has 6 nitrogen and oxygen atoms in total. The van der Waals surface area contributed by atoms with Gasteiger partial charge in [0.25, 0.3) is 0 Å². The molecule has 27 heavy (non-hydrogen) atoms. The summed E-state index contributed by atoms with van der Waals surface area (Å²) >= 11 is 0. The van der Waals surface area contributed by atoms with E-state index in [1.807, 2.05) is 48.5 Å². The molecule has 0 saturated heterocycles. The normalized spacial score (nSPS) is 14.7. The van der Waals surface area contributed by atoms with Gasteiger partial charge in [0.1, 0.15) is 12.6 Å². The topological polar surface area (TPSA) is 92.7 Å². The first kappa shape index (κ1) is 19.1. The van der Waals surface area contributed by atoms with Crippen molar-refractivity contribution < 1.29 is 23.6 Å². The molecule has 0 spiro atoms. The Bertz CT molecular complexity index is 837. The number of nitrogens with one attached hydrogen (secondary N) is 1. The number of carbonyl (C=O) groups is 2. The van der Waals surface area contributed by atoms with Gasteiger partial charge in [-0.2, -0.15) is 0 Å². The first-order chi connectivity index (χ1) is 13.0. The quantitative estimate of drug-likeness (QED) is 0.762. The van der Waals surface area contributed by atoms with Crippen LogP contribution in [0.4, 0.5) is 4.79 Å². The number of aliphatic carboxylic acids is 1. The van der Waals surface area contributed by atoms with Gasteiger partial charge in [-0.1, -0.05) is 48.5 Å². The molecule has 1 aliphatic carbocycles. The summed E-state index contributed by atoms with van der Waals surface area (Å²) < 4.78 is 16.5. The summed E-state index contributed by atoms with van der Waals surface area (Å²) in [6, 6.07) is 14.8. The van der Waals surface area contributed by atoms with Crippen LogP contribution in [-0.2, 0) is 20.3 Å². The molecular formula is C20H21NO5S. The van der Waals surface area contributed by atoms with Crippen LogP contribution >= 0.6 is 0 Å². The van der Waals surface area contributed by atoms with Gasteiger partial charge in [-0.25, -0.2) is 9.59 Å². The van der Waals surface area contributed by atoms with Crippen molar-refractivity contribution >= 4 is 22.9 Å². The predicted molar refractivity (Wildman–Crippen MR) is 103 cm³/mol. The Kier molecular flexibility index (Phi) is 5.91. The molecule has 0 bridgehead atoms. The van der Waals surface area contributed by atoms with E-state index < -0.39 is 28.9 Å². The molecule has 2 aromatic carbocycles. The zero-order valence-corrected chi connectivity index (χ0v) is 15.7. The number of carbonyl (C=O) groups excluding carboxylic acids is 1. The second kappa shape index (κ2) is 8.35. The number of hydrogen-bond donors (Lipinski definition) is 2. The van der Waals surface area contributed by atoms with Crippen LogP contribution in [-0.4, -0.2) is 46.0 Å². The van der Waals surface area contributed by atoms with Crippen molar-refractivity contribution in [3.8, 4) is 11.1 Å². The molecule has 0 fully saturated rings. The van der Waals surface area contributed by atoms with Crippen LogP contribution in [0.2, 0.25) is 0 Å². The van der Waals surface area contributed by atoms with Crippen LogP contribution in [0.5, 0.6) is 0 Å². The van der Waals surface area contributed by atoms with Crippen LogP contribution in [0.1, 0.15) is 23.5 Å². The van der Waals surface area contributed by atoms with Crippen molar-refractivity contribution in [2.75, 3.05) is 18.6 Å². The zero-order chi connectivity index (χ0) is 19.4. The summed E-state index contributed by atoms with van der Waals surface area (Å²) in [5.74, 6) is -1.07. The van der Waals surface area contributed by atoms with Gasteiger partial charge in [-0.15, -0.1) is 0 Å². The lowest BCUT2D eigenvalue weighted by Crippen LogP contribution is -2.42. The van der Waals surface area contributed by atoms with Gasteiger partial charge in [0, 0.05) is 28.7 Å². The van der Waals surface area contributed by atoms with Crippen molar-refractivity contribution in [3.05, 3.63) is 59.7 Å². The van der Waals surface area contributed by atoms with Gasteiger partial charge < -0.3 is 15.2 Å². The lowest BCUT2D eigenvalue weighted by atomic mass is 9.98.